The molecule has 5 aromatic rings. The summed E-state index contributed by atoms with van der Waals surface area (Å²) < 4.78 is 42.0. The molecule has 2 aromatic heterocycles. The van der Waals surface area contributed by atoms with E-state index in [2.05, 4.69) is 51.4 Å². The Balaban J connectivity index is 1.47. The molecule has 47 heavy (non-hydrogen) atoms. The maximum Gasteiger partial charge on any atom is 0.363 e. The maximum atomic E-state index is 14.3. The highest BCUT2D eigenvalue weighted by molar-refractivity contribution is 7.54. The summed E-state index contributed by atoms with van der Waals surface area (Å²) in [5, 5.41) is 0. The highest BCUT2D eigenvalue weighted by atomic mass is 31.2. The Morgan fingerprint density at radius 3 is 1.85 bits per heavy atom. The molecule has 0 fully saturated rings. The number of imidazole rings is 1. The highest BCUT2D eigenvalue weighted by Gasteiger charge is 2.45. The zero-order chi connectivity index (χ0) is 33.0. The monoisotopic (exact) mass is 653 g/mol. The van der Waals surface area contributed by atoms with Crippen LogP contribution in [0.2, 0.25) is 0 Å². The first-order chi connectivity index (χ1) is 22.7. The van der Waals surface area contributed by atoms with Gasteiger partial charge in [0, 0.05) is 0 Å². The van der Waals surface area contributed by atoms with Gasteiger partial charge in [-0.1, -0.05) is 97.1 Å². The summed E-state index contributed by atoms with van der Waals surface area (Å²) in [6.45, 7) is 7.36. The van der Waals surface area contributed by atoms with Crippen molar-refractivity contribution in [1.82, 2.24) is 19.5 Å². The van der Waals surface area contributed by atoms with Crippen LogP contribution >= 0.6 is 7.60 Å². The number of rotatable bonds is 12. The number of hydrogen-bond acceptors (Lipinski definition) is 9. The second-order valence-corrected chi connectivity index (χ2v) is 14.0. The second-order valence-electron chi connectivity index (χ2n) is 12.0. The Morgan fingerprint density at radius 1 is 0.809 bits per heavy atom. The van der Waals surface area contributed by atoms with Crippen LogP contribution in [0.4, 0.5) is 5.82 Å². The lowest BCUT2D eigenvalue weighted by Crippen LogP contribution is -2.41. The van der Waals surface area contributed by atoms with E-state index in [1.807, 2.05) is 92.9 Å². The van der Waals surface area contributed by atoms with Crippen molar-refractivity contribution in [2.45, 2.75) is 63.5 Å². The molecule has 10 nitrogen and oxygen atoms in total. The van der Waals surface area contributed by atoms with Gasteiger partial charge in [-0.05, 0) is 50.5 Å². The Bertz CT molecular complexity index is 1740. The predicted octanol–water partition coefficient (Wildman–Crippen LogP) is 7.28. The van der Waals surface area contributed by atoms with E-state index >= 15 is 0 Å². The molecule has 1 aliphatic rings. The summed E-state index contributed by atoms with van der Waals surface area (Å²) in [7, 11) is -3.78. The molecule has 0 saturated carbocycles. The van der Waals surface area contributed by atoms with Crippen molar-refractivity contribution in [2.75, 3.05) is 12.3 Å². The summed E-state index contributed by atoms with van der Waals surface area (Å²) in [5.74, 6) is -0.706. The van der Waals surface area contributed by atoms with Crippen LogP contribution in [0.1, 0.15) is 50.4 Å². The Morgan fingerprint density at radius 2 is 1.34 bits per heavy atom. The van der Waals surface area contributed by atoms with Gasteiger partial charge in [0.1, 0.15) is 23.5 Å². The molecule has 6 rings (SSSR count). The summed E-state index contributed by atoms with van der Waals surface area (Å²) >= 11 is 0. The van der Waals surface area contributed by atoms with Crippen LogP contribution in [0, 0.1) is 0 Å². The molecular weight excluding hydrogens is 613 g/mol. The minimum Gasteiger partial charge on any atom is -0.382 e. The van der Waals surface area contributed by atoms with Gasteiger partial charge in [-0.25, -0.2) is 15.0 Å². The van der Waals surface area contributed by atoms with Gasteiger partial charge in [0.2, 0.25) is 0 Å². The largest absolute Gasteiger partial charge is 0.382 e. The highest BCUT2D eigenvalue weighted by Crippen LogP contribution is 2.58. The van der Waals surface area contributed by atoms with Crippen molar-refractivity contribution in [2.24, 2.45) is 0 Å². The third-order valence-corrected chi connectivity index (χ3v) is 10.3. The number of nitrogen functional groups attached to an aromatic ring is 1. The van der Waals surface area contributed by atoms with Gasteiger partial charge in [-0.2, -0.15) is 0 Å². The average Bonchev–Trinajstić information content (AvgIpc) is 3.51. The van der Waals surface area contributed by atoms with E-state index in [-0.39, 0.29) is 24.6 Å². The fraction of sp³-hybridized carbons (Fsp3) is 0.306. The molecule has 0 bridgehead atoms. The first kappa shape index (κ1) is 32.7. The van der Waals surface area contributed by atoms with Crippen molar-refractivity contribution in [1.29, 1.82) is 0 Å². The predicted molar refractivity (Wildman–Crippen MR) is 182 cm³/mol. The number of aromatic nitrogens is 4. The van der Waals surface area contributed by atoms with Crippen LogP contribution in [0.5, 0.6) is 0 Å². The SMILES string of the molecule is CC(C)OP(=O)(OC(C)C)[C@@H]1C=C[C@@H](n2cnc3c(N)ncnc32)[C@@H](COC(c2ccccc2)(c2ccccc2)c2ccccc2)O1. The summed E-state index contributed by atoms with van der Waals surface area (Å²) in [6, 6.07) is 29.9. The molecule has 2 N–H and O–H groups in total. The van der Waals surface area contributed by atoms with E-state index < -0.39 is 31.2 Å². The molecule has 0 spiro atoms. The number of benzene rings is 3. The number of anilines is 1. The van der Waals surface area contributed by atoms with E-state index in [1.165, 1.54) is 6.33 Å². The van der Waals surface area contributed by atoms with E-state index in [9.17, 15) is 4.57 Å². The molecule has 0 unspecified atom stereocenters. The summed E-state index contributed by atoms with van der Waals surface area (Å²) in [6.07, 6.45) is 5.33. The third-order valence-electron chi connectivity index (χ3n) is 7.91. The van der Waals surface area contributed by atoms with Gasteiger partial charge < -0.3 is 28.8 Å². The van der Waals surface area contributed by atoms with Gasteiger partial charge in [-0.15, -0.1) is 0 Å². The summed E-state index contributed by atoms with van der Waals surface area (Å²) in [4.78, 5) is 13.1. The quantitative estimate of drug-likeness (QED) is 0.0840. The molecule has 1 aliphatic heterocycles. The summed E-state index contributed by atoms with van der Waals surface area (Å²) in [5.41, 5.74) is 8.99. The van der Waals surface area contributed by atoms with E-state index in [4.69, 9.17) is 24.3 Å². The van der Waals surface area contributed by atoms with E-state index in [0.29, 0.717) is 11.2 Å². The molecule has 3 aromatic carbocycles. The number of hydrogen-bond donors (Lipinski definition) is 1. The van der Waals surface area contributed by atoms with E-state index in [0.717, 1.165) is 16.7 Å². The number of fused-ring (bicyclic) bond motifs is 1. The van der Waals surface area contributed by atoms with Crippen molar-refractivity contribution in [3.63, 3.8) is 0 Å². The van der Waals surface area contributed by atoms with Crippen LogP contribution < -0.4 is 5.73 Å². The van der Waals surface area contributed by atoms with Crippen molar-refractivity contribution in [3.8, 4) is 0 Å². The minimum atomic E-state index is -3.78. The Labute approximate surface area is 275 Å². The first-order valence-electron chi connectivity index (χ1n) is 15.7. The van der Waals surface area contributed by atoms with Crippen LogP contribution in [0.3, 0.4) is 0 Å². The Hall–Kier alpha value is -4.18. The topological polar surface area (TPSA) is 124 Å². The average molecular weight is 654 g/mol. The number of nitrogens with two attached hydrogens (primary N) is 1. The smallest absolute Gasteiger partial charge is 0.363 e. The van der Waals surface area contributed by atoms with Gasteiger partial charge in [-0.3, -0.25) is 4.57 Å². The van der Waals surface area contributed by atoms with Crippen LogP contribution in [0.25, 0.3) is 11.2 Å². The minimum absolute atomic E-state index is 0.0772. The molecule has 244 valence electrons. The molecule has 0 amide bonds. The standard InChI is InChI=1S/C36H40N5O5P/c1-25(2)45-47(42,46-26(3)4)32-21-20-30(41-24-40-33-34(37)38-23-39-35(33)41)31(44-32)22-43-36(27-14-8-5-9-15-27,28-16-10-6-11-17-28)29-18-12-7-13-19-29/h5-21,23-26,30-32H,22H2,1-4H3,(H2,37,38,39)/t30-,31-,32-/m1/s1. The van der Waals surface area contributed by atoms with E-state index in [1.54, 1.807) is 12.4 Å². The van der Waals surface area contributed by atoms with Gasteiger partial charge >= 0.3 is 7.60 Å². The lowest BCUT2D eigenvalue weighted by Gasteiger charge is -2.40. The maximum absolute atomic E-state index is 14.3. The normalized spacial score (nSPS) is 18.7. The zero-order valence-electron chi connectivity index (χ0n) is 26.9. The van der Waals surface area contributed by atoms with Crippen molar-refractivity contribution >= 4 is 24.6 Å². The Kier molecular flexibility index (Phi) is 9.68. The van der Waals surface area contributed by atoms with Crippen LogP contribution in [0.15, 0.2) is 116 Å². The van der Waals surface area contributed by atoms with Gasteiger partial charge in [0.15, 0.2) is 17.3 Å². The first-order valence-corrected chi connectivity index (χ1v) is 17.4. The second kappa shape index (κ2) is 13.9. The lowest BCUT2D eigenvalue weighted by molar-refractivity contribution is -0.0873. The fourth-order valence-electron chi connectivity index (χ4n) is 6.02. The number of ether oxygens (including phenoxy) is 2. The van der Waals surface area contributed by atoms with Crippen LogP contribution in [-0.4, -0.2) is 50.3 Å². The van der Waals surface area contributed by atoms with Crippen molar-refractivity contribution < 1.29 is 23.1 Å². The van der Waals surface area contributed by atoms with Gasteiger partial charge in [0.25, 0.3) is 0 Å². The zero-order valence-corrected chi connectivity index (χ0v) is 27.8. The molecule has 0 aliphatic carbocycles. The van der Waals surface area contributed by atoms with Gasteiger partial charge in [0.05, 0.1) is 31.2 Å². The molecule has 0 saturated heterocycles. The fourth-order valence-corrected chi connectivity index (χ4v) is 8.10. The molecule has 11 heteroatoms. The number of nitrogens with zero attached hydrogens (tertiary/aromatic N) is 4. The third kappa shape index (κ3) is 6.66. The molecular formula is C36H40N5O5P. The molecule has 0 radical (unpaired) electrons. The molecule has 3 atom stereocenters. The lowest BCUT2D eigenvalue weighted by atomic mass is 9.80. The molecule has 3 heterocycles. The van der Waals surface area contributed by atoms with Crippen LogP contribution in [-0.2, 0) is 28.7 Å². The van der Waals surface area contributed by atoms with Crippen molar-refractivity contribution in [3.05, 3.63) is 132 Å².